The number of carboxylic acid groups (broad SMARTS) is 1. The van der Waals surface area contributed by atoms with Crippen molar-refractivity contribution in [3.63, 3.8) is 0 Å². The van der Waals surface area contributed by atoms with Gasteiger partial charge < -0.3 is 9.84 Å². The highest BCUT2D eigenvalue weighted by molar-refractivity contribution is 5.97. The van der Waals surface area contributed by atoms with Gasteiger partial charge in [0.1, 0.15) is 6.61 Å². The molecule has 0 heterocycles. The lowest BCUT2D eigenvalue weighted by molar-refractivity contribution is -0.138. The minimum atomic E-state index is -0.848. The Morgan fingerprint density at radius 2 is 1.80 bits per heavy atom. The summed E-state index contributed by atoms with van der Waals surface area (Å²) in [7, 11) is 0. The van der Waals surface area contributed by atoms with Gasteiger partial charge in [0.15, 0.2) is 11.6 Å². The summed E-state index contributed by atoms with van der Waals surface area (Å²) in [5.41, 5.74) is 0.598. The van der Waals surface area contributed by atoms with Gasteiger partial charge in [-0.05, 0) is 31.3 Å². The molecule has 2 unspecified atom stereocenters. The monoisotopic (exact) mass is 416 g/mol. The standard InChI is InChI=1S/C23H30O5.C2H6/c1-2-3-5-10-19(24)12-13-20-18(15-23(26)27)11-14-22(20)28-16-21(25)17-8-6-4-7-9-17;1-2/h4,6-9,12-13,18,20,22H,2-3,5,10-11,14-16H2,1H3,(H,26,27);1-2H3/b13-12+;/t18-,20?,22?;/m1./s1. The topological polar surface area (TPSA) is 80.7 Å². The molecule has 30 heavy (non-hydrogen) atoms. The summed E-state index contributed by atoms with van der Waals surface area (Å²) in [5.74, 6) is -1.11. The third-order valence-electron chi connectivity index (χ3n) is 5.29. The van der Waals surface area contributed by atoms with Crippen molar-refractivity contribution in [2.24, 2.45) is 11.8 Å². The van der Waals surface area contributed by atoms with E-state index in [4.69, 9.17) is 4.74 Å². The van der Waals surface area contributed by atoms with Crippen LogP contribution in [0.3, 0.4) is 0 Å². The van der Waals surface area contributed by atoms with Gasteiger partial charge in [0.25, 0.3) is 0 Å². The molecule has 1 aliphatic carbocycles. The molecule has 1 N–H and O–H groups in total. The van der Waals surface area contributed by atoms with Crippen LogP contribution in [-0.4, -0.2) is 35.4 Å². The van der Waals surface area contributed by atoms with Crippen LogP contribution in [0.2, 0.25) is 0 Å². The number of benzene rings is 1. The van der Waals surface area contributed by atoms with E-state index in [1.807, 2.05) is 26.0 Å². The highest BCUT2D eigenvalue weighted by Gasteiger charge is 2.36. The number of rotatable bonds is 12. The normalized spacial score (nSPS) is 20.6. The van der Waals surface area contributed by atoms with Gasteiger partial charge in [-0.1, -0.05) is 70.0 Å². The number of carboxylic acids is 1. The van der Waals surface area contributed by atoms with Gasteiger partial charge in [-0.25, -0.2) is 0 Å². The molecule has 0 spiro atoms. The predicted molar refractivity (Wildman–Crippen MR) is 119 cm³/mol. The van der Waals surface area contributed by atoms with Crippen LogP contribution in [0.1, 0.15) is 76.1 Å². The predicted octanol–water partition coefficient (Wildman–Crippen LogP) is 5.49. The quantitative estimate of drug-likeness (QED) is 0.277. The van der Waals surface area contributed by atoms with E-state index in [0.717, 1.165) is 25.7 Å². The Balaban J connectivity index is 0.00000218. The van der Waals surface area contributed by atoms with Crippen molar-refractivity contribution in [3.05, 3.63) is 48.0 Å². The Bertz CT molecular complexity index is 680. The number of allylic oxidation sites excluding steroid dienone is 1. The second kappa shape index (κ2) is 14.7. The van der Waals surface area contributed by atoms with E-state index in [9.17, 15) is 19.5 Å². The van der Waals surface area contributed by atoms with Crippen LogP contribution in [0.5, 0.6) is 0 Å². The fourth-order valence-electron chi connectivity index (χ4n) is 3.75. The van der Waals surface area contributed by atoms with E-state index in [1.54, 1.807) is 30.3 Å². The highest BCUT2D eigenvalue weighted by Crippen LogP contribution is 2.37. The second-order valence-electron chi connectivity index (χ2n) is 7.43. The largest absolute Gasteiger partial charge is 0.481 e. The Hall–Kier alpha value is -2.27. The molecule has 3 atom stereocenters. The first-order chi connectivity index (χ1) is 14.5. The maximum absolute atomic E-state index is 12.3. The first-order valence-corrected chi connectivity index (χ1v) is 11.1. The van der Waals surface area contributed by atoms with E-state index >= 15 is 0 Å². The second-order valence-corrected chi connectivity index (χ2v) is 7.43. The van der Waals surface area contributed by atoms with Crippen molar-refractivity contribution < 1.29 is 24.2 Å². The number of Topliss-reactive ketones (excluding diaryl/α,β-unsaturated/α-hetero) is 1. The Morgan fingerprint density at radius 1 is 1.10 bits per heavy atom. The molecule has 0 aliphatic heterocycles. The zero-order valence-corrected chi connectivity index (χ0v) is 18.5. The molecule has 5 nitrogen and oxygen atoms in total. The summed E-state index contributed by atoms with van der Waals surface area (Å²) in [6.07, 6.45) is 8.08. The lowest BCUT2D eigenvalue weighted by Gasteiger charge is -2.21. The fourth-order valence-corrected chi connectivity index (χ4v) is 3.75. The van der Waals surface area contributed by atoms with E-state index < -0.39 is 5.97 Å². The molecule has 1 fully saturated rings. The molecule has 0 saturated heterocycles. The van der Waals surface area contributed by atoms with Gasteiger partial charge in [-0.3, -0.25) is 14.4 Å². The summed E-state index contributed by atoms with van der Waals surface area (Å²) in [6.45, 7) is 6.05. The fraction of sp³-hybridized carbons (Fsp3) is 0.560. The van der Waals surface area contributed by atoms with Gasteiger partial charge in [0, 0.05) is 24.3 Å². The summed E-state index contributed by atoms with van der Waals surface area (Å²) in [5, 5.41) is 9.18. The van der Waals surface area contributed by atoms with Crippen LogP contribution in [0.15, 0.2) is 42.5 Å². The van der Waals surface area contributed by atoms with Gasteiger partial charge in [-0.2, -0.15) is 0 Å². The molecule has 0 radical (unpaired) electrons. The third kappa shape index (κ3) is 9.04. The first kappa shape index (κ1) is 25.8. The Morgan fingerprint density at radius 3 is 2.43 bits per heavy atom. The van der Waals surface area contributed by atoms with Crippen LogP contribution in [0.4, 0.5) is 0 Å². The summed E-state index contributed by atoms with van der Waals surface area (Å²) >= 11 is 0. The van der Waals surface area contributed by atoms with E-state index in [1.165, 1.54) is 0 Å². The Kier molecular flexibility index (Phi) is 12.6. The molecule has 1 aromatic carbocycles. The van der Waals surface area contributed by atoms with E-state index in [-0.39, 0.29) is 42.5 Å². The molecule has 1 aliphatic rings. The number of hydrogen-bond acceptors (Lipinski definition) is 4. The summed E-state index contributed by atoms with van der Waals surface area (Å²) in [6, 6.07) is 8.96. The number of hydrogen-bond donors (Lipinski definition) is 1. The molecule has 2 rings (SSSR count). The van der Waals surface area contributed by atoms with Crippen LogP contribution in [0, 0.1) is 11.8 Å². The van der Waals surface area contributed by atoms with Gasteiger partial charge >= 0.3 is 5.97 Å². The zero-order chi connectivity index (χ0) is 22.4. The maximum Gasteiger partial charge on any atom is 0.303 e. The van der Waals surface area contributed by atoms with Crippen molar-refractivity contribution in [3.8, 4) is 0 Å². The average Bonchev–Trinajstić information content (AvgIpc) is 3.13. The minimum absolute atomic E-state index is 0.0384. The molecule has 0 bridgehead atoms. The lowest BCUT2D eigenvalue weighted by Crippen LogP contribution is -2.25. The van der Waals surface area contributed by atoms with Crippen molar-refractivity contribution in [2.45, 2.75) is 71.8 Å². The molecule has 1 aromatic rings. The molecule has 1 saturated carbocycles. The smallest absolute Gasteiger partial charge is 0.303 e. The molecular formula is C25H36O5. The molecule has 5 heteroatoms. The number of ether oxygens (including phenoxy) is 1. The number of unbranched alkanes of at least 4 members (excludes halogenated alkanes) is 2. The number of ketones is 2. The number of carbonyl (C=O) groups is 3. The molecule has 0 aromatic heterocycles. The zero-order valence-electron chi connectivity index (χ0n) is 18.5. The summed E-state index contributed by atoms with van der Waals surface area (Å²) < 4.78 is 5.87. The van der Waals surface area contributed by atoms with E-state index in [0.29, 0.717) is 18.4 Å². The van der Waals surface area contributed by atoms with Crippen molar-refractivity contribution in [1.29, 1.82) is 0 Å². The van der Waals surface area contributed by atoms with Crippen molar-refractivity contribution >= 4 is 17.5 Å². The minimum Gasteiger partial charge on any atom is -0.481 e. The van der Waals surface area contributed by atoms with Gasteiger partial charge in [0.05, 0.1) is 6.10 Å². The van der Waals surface area contributed by atoms with Crippen molar-refractivity contribution in [1.82, 2.24) is 0 Å². The highest BCUT2D eigenvalue weighted by atomic mass is 16.5. The maximum atomic E-state index is 12.3. The molecule has 166 valence electrons. The van der Waals surface area contributed by atoms with E-state index in [2.05, 4.69) is 6.92 Å². The number of carbonyl (C=O) groups excluding carboxylic acids is 2. The van der Waals surface area contributed by atoms with Crippen LogP contribution < -0.4 is 0 Å². The summed E-state index contributed by atoms with van der Waals surface area (Å²) in [4.78, 5) is 35.5. The SMILES string of the molecule is CC.CCCCCC(=O)/C=C/C1C(OCC(=O)c2ccccc2)CC[C@@H]1CC(=O)O. The van der Waals surface area contributed by atoms with Gasteiger partial charge in [-0.15, -0.1) is 0 Å². The molecule has 0 amide bonds. The van der Waals surface area contributed by atoms with Crippen LogP contribution >= 0.6 is 0 Å². The molecular weight excluding hydrogens is 380 g/mol. The van der Waals surface area contributed by atoms with Crippen LogP contribution in [-0.2, 0) is 14.3 Å². The average molecular weight is 417 g/mol. The van der Waals surface area contributed by atoms with Crippen molar-refractivity contribution in [2.75, 3.05) is 6.61 Å². The lowest BCUT2D eigenvalue weighted by atomic mass is 9.91. The van der Waals surface area contributed by atoms with Crippen LogP contribution in [0.25, 0.3) is 0 Å². The first-order valence-electron chi connectivity index (χ1n) is 11.1. The third-order valence-corrected chi connectivity index (χ3v) is 5.29. The number of aliphatic carboxylic acids is 1. The van der Waals surface area contributed by atoms with Gasteiger partial charge in [0.2, 0.25) is 0 Å². The Labute approximate surface area is 180 Å².